The smallest absolute Gasteiger partial charge is 0.408 e. The molecule has 0 bridgehead atoms. The quantitative estimate of drug-likeness (QED) is 0.357. The molecule has 8 heteroatoms. The first-order valence-electron chi connectivity index (χ1n) is 10.6. The number of fused-ring (bicyclic) bond motifs is 1. The van der Waals surface area contributed by atoms with Crippen LogP contribution >= 0.6 is 0 Å². The molecule has 0 fully saturated rings. The second-order valence-corrected chi connectivity index (χ2v) is 9.29. The summed E-state index contributed by atoms with van der Waals surface area (Å²) in [5.74, 6) is -0.157. The second kappa shape index (κ2) is 8.35. The highest BCUT2D eigenvalue weighted by atomic mass is 19.1. The van der Waals surface area contributed by atoms with E-state index >= 15 is 0 Å². The zero-order chi connectivity index (χ0) is 23.8. The minimum absolute atomic E-state index is 0.328. The van der Waals surface area contributed by atoms with Crippen molar-refractivity contribution in [1.82, 2.24) is 20.3 Å². The third-order valence-corrected chi connectivity index (χ3v) is 5.30. The van der Waals surface area contributed by atoms with Crippen LogP contribution in [-0.2, 0) is 16.7 Å². The van der Waals surface area contributed by atoms with Gasteiger partial charge in [-0.1, -0.05) is 0 Å². The van der Waals surface area contributed by atoms with Crippen molar-refractivity contribution in [3.05, 3.63) is 77.9 Å². The Morgan fingerprint density at radius 2 is 1.76 bits per heavy atom. The van der Waals surface area contributed by atoms with Gasteiger partial charge < -0.3 is 20.0 Å². The Balaban J connectivity index is 1.71. The number of rotatable bonds is 5. The molecule has 3 N–H and O–H groups in total. The van der Waals surface area contributed by atoms with Gasteiger partial charge in [-0.15, -0.1) is 0 Å². The summed E-state index contributed by atoms with van der Waals surface area (Å²) in [6, 6.07) is 10.6. The predicted molar refractivity (Wildman–Crippen MR) is 123 cm³/mol. The number of H-pyrrole nitrogens is 2. The molecular weight excluding hydrogens is 426 g/mol. The molecule has 2 aromatic heterocycles. The number of amides is 1. The van der Waals surface area contributed by atoms with Gasteiger partial charge in [-0.05, 0) is 81.3 Å². The SMILES string of the molecule is CC(C)(C)OC(=O)NC(C)(Cc1c[nH]c2cc(F)ccc12)c1ncc(-c2ccc(F)cc2)[nH]1. The Morgan fingerprint density at radius 1 is 1.06 bits per heavy atom. The summed E-state index contributed by atoms with van der Waals surface area (Å²) in [6.45, 7) is 7.21. The molecule has 33 heavy (non-hydrogen) atoms. The largest absolute Gasteiger partial charge is 0.444 e. The van der Waals surface area contributed by atoms with Crippen molar-refractivity contribution in [2.75, 3.05) is 0 Å². The Morgan fingerprint density at radius 3 is 2.45 bits per heavy atom. The second-order valence-electron chi connectivity index (χ2n) is 9.29. The lowest BCUT2D eigenvalue weighted by atomic mass is 9.91. The molecule has 4 aromatic rings. The van der Waals surface area contributed by atoms with E-state index in [1.807, 2.05) is 6.92 Å². The van der Waals surface area contributed by atoms with Gasteiger partial charge in [-0.3, -0.25) is 0 Å². The molecule has 0 saturated carbocycles. The Hall–Kier alpha value is -3.68. The van der Waals surface area contributed by atoms with Crippen LogP contribution in [0.5, 0.6) is 0 Å². The lowest BCUT2D eigenvalue weighted by Crippen LogP contribution is -2.48. The minimum Gasteiger partial charge on any atom is -0.444 e. The fraction of sp³-hybridized carbons (Fsp3) is 0.280. The number of hydrogen-bond donors (Lipinski definition) is 3. The molecule has 4 rings (SSSR count). The summed E-state index contributed by atoms with van der Waals surface area (Å²) in [5.41, 5.74) is 1.33. The third-order valence-electron chi connectivity index (χ3n) is 5.30. The molecule has 1 unspecified atom stereocenters. The van der Waals surface area contributed by atoms with Gasteiger partial charge in [-0.25, -0.2) is 18.6 Å². The molecule has 2 aromatic carbocycles. The first-order valence-corrected chi connectivity index (χ1v) is 10.6. The van der Waals surface area contributed by atoms with Gasteiger partial charge in [0.2, 0.25) is 0 Å². The van der Waals surface area contributed by atoms with Gasteiger partial charge in [0, 0.05) is 23.5 Å². The fourth-order valence-corrected chi connectivity index (χ4v) is 3.78. The van der Waals surface area contributed by atoms with Crippen LogP contribution < -0.4 is 5.32 Å². The number of imidazole rings is 1. The summed E-state index contributed by atoms with van der Waals surface area (Å²) >= 11 is 0. The number of carbonyl (C=O) groups excluding carboxylic acids is 1. The Kier molecular flexibility index (Phi) is 5.69. The van der Waals surface area contributed by atoms with E-state index in [1.54, 1.807) is 51.4 Å². The number of ether oxygens (including phenoxy) is 1. The Bertz CT molecular complexity index is 1290. The zero-order valence-corrected chi connectivity index (χ0v) is 18.9. The molecule has 1 amide bonds. The van der Waals surface area contributed by atoms with Gasteiger partial charge in [0.1, 0.15) is 28.6 Å². The van der Waals surface area contributed by atoms with E-state index in [0.717, 1.165) is 16.5 Å². The van der Waals surface area contributed by atoms with E-state index in [1.165, 1.54) is 24.3 Å². The highest BCUT2D eigenvalue weighted by molar-refractivity contribution is 5.83. The van der Waals surface area contributed by atoms with Crippen molar-refractivity contribution in [2.45, 2.75) is 45.3 Å². The maximum absolute atomic E-state index is 13.6. The number of halogens is 2. The molecule has 6 nitrogen and oxygen atoms in total. The van der Waals surface area contributed by atoms with Gasteiger partial charge in [0.05, 0.1) is 11.9 Å². The number of nitrogens with zero attached hydrogens (tertiary/aromatic N) is 1. The number of hydrogen-bond acceptors (Lipinski definition) is 3. The molecule has 0 radical (unpaired) electrons. The van der Waals surface area contributed by atoms with E-state index in [0.29, 0.717) is 23.5 Å². The van der Waals surface area contributed by atoms with Crippen LogP contribution in [0, 0.1) is 11.6 Å². The Labute approximate surface area is 190 Å². The molecule has 0 aliphatic heterocycles. The first-order chi connectivity index (χ1) is 15.5. The van der Waals surface area contributed by atoms with Crippen molar-refractivity contribution >= 4 is 17.0 Å². The number of carbonyl (C=O) groups is 1. The minimum atomic E-state index is -0.982. The molecule has 172 valence electrons. The van der Waals surface area contributed by atoms with Crippen LogP contribution in [-0.4, -0.2) is 26.6 Å². The average Bonchev–Trinajstić information content (AvgIpc) is 3.35. The molecule has 2 heterocycles. The van der Waals surface area contributed by atoms with Gasteiger partial charge >= 0.3 is 6.09 Å². The maximum atomic E-state index is 13.6. The highest BCUT2D eigenvalue weighted by Crippen LogP contribution is 2.30. The summed E-state index contributed by atoms with van der Waals surface area (Å²) in [4.78, 5) is 23.6. The van der Waals surface area contributed by atoms with Crippen molar-refractivity contribution in [3.63, 3.8) is 0 Å². The summed E-state index contributed by atoms with van der Waals surface area (Å²) in [5, 5.41) is 3.80. The molecule has 0 saturated heterocycles. The van der Waals surface area contributed by atoms with Crippen LogP contribution in [0.3, 0.4) is 0 Å². The predicted octanol–water partition coefficient (Wildman–Crippen LogP) is 5.82. The molecule has 1 atom stereocenters. The maximum Gasteiger partial charge on any atom is 0.408 e. The first kappa shape index (κ1) is 22.5. The van der Waals surface area contributed by atoms with Crippen LogP contribution in [0.25, 0.3) is 22.2 Å². The van der Waals surface area contributed by atoms with Crippen molar-refractivity contribution in [3.8, 4) is 11.3 Å². The van der Waals surface area contributed by atoms with Crippen molar-refractivity contribution in [1.29, 1.82) is 0 Å². The van der Waals surface area contributed by atoms with Crippen molar-refractivity contribution < 1.29 is 18.3 Å². The van der Waals surface area contributed by atoms with Gasteiger partial charge in [-0.2, -0.15) is 0 Å². The number of benzene rings is 2. The molecular formula is C25H26F2N4O2. The monoisotopic (exact) mass is 452 g/mol. The van der Waals surface area contributed by atoms with Crippen LogP contribution in [0.2, 0.25) is 0 Å². The molecule has 0 aliphatic rings. The topological polar surface area (TPSA) is 82.8 Å². The van der Waals surface area contributed by atoms with Crippen LogP contribution in [0.4, 0.5) is 13.6 Å². The molecule has 0 aliphatic carbocycles. The lowest BCUT2D eigenvalue weighted by Gasteiger charge is -2.30. The van der Waals surface area contributed by atoms with E-state index in [9.17, 15) is 13.6 Å². The van der Waals surface area contributed by atoms with E-state index in [-0.39, 0.29) is 11.6 Å². The van der Waals surface area contributed by atoms with Gasteiger partial charge in [0.25, 0.3) is 0 Å². The summed E-state index contributed by atoms with van der Waals surface area (Å²) < 4.78 is 32.5. The van der Waals surface area contributed by atoms with Crippen molar-refractivity contribution in [2.24, 2.45) is 0 Å². The zero-order valence-electron chi connectivity index (χ0n) is 18.9. The summed E-state index contributed by atoms with van der Waals surface area (Å²) in [6.07, 6.45) is 3.20. The standard InChI is InChI=1S/C25H26F2N4O2/c1-24(2,3)33-23(32)31-25(4,12-16-13-28-20-11-18(27)9-10-19(16)20)22-29-14-21(30-22)15-5-7-17(26)8-6-15/h5-11,13-14,28H,12H2,1-4H3,(H,29,30)(H,31,32). The fourth-order valence-electron chi connectivity index (χ4n) is 3.78. The van der Waals surface area contributed by atoms with Crippen LogP contribution in [0.15, 0.2) is 54.9 Å². The third kappa shape index (κ3) is 5.05. The molecule has 0 spiro atoms. The van der Waals surface area contributed by atoms with Crippen LogP contribution in [0.1, 0.15) is 39.1 Å². The van der Waals surface area contributed by atoms with E-state index in [4.69, 9.17) is 4.74 Å². The van der Waals surface area contributed by atoms with E-state index < -0.39 is 17.2 Å². The summed E-state index contributed by atoms with van der Waals surface area (Å²) in [7, 11) is 0. The van der Waals surface area contributed by atoms with E-state index in [2.05, 4.69) is 20.3 Å². The number of aromatic amines is 2. The normalized spacial score (nSPS) is 13.6. The number of nitrogens with one attached hydrogen (secondary N) is 3. The lowest BCUT2D eigenvalue weighted by molar-refractivity contribution is 0.0456. The number of aromatic nitrogens is 3. The number of alkyl carbamates (subject to hydrolysis) is 1. The van der Waals surface area contributed by atoms with Gasteiger partial charge in [0.15, 0.2) is 0 Å². The average molecular weight is 453 g/mol. The highest BCUT2D eigenvalue weighted by Gasteiger charge is 2.35.